The molecule has 110 valence electrons. The number of likely N-dealkylation sites (tertiary alicyclic amines) is 1. The smallest absolute Gasteiger partial charge is 0.225 e. The van der Waals surface area contributed by atoms with Crippen LogP contribution in [0.2, 0.25) is 0 Å². The standard InChI is InChI=1S/C16H30N2O/c1-3-14(12-13-6-4-5-7-13)16(19)18-10-8-15(17-2)9-11-18/h13-15,17H,3-12H2,1-2H3. The lowest BCUT2D eigenvalue weighted by Crippen LogP contribution is -2.46. The van der Waals surface area contributed by atoms with E-state index in [-0.39, 0.29) is 5.92 Å². The monoisotopic (exact) mass is 266 g/mol. The highest BCUT2D eigenvalue weighted by Crippen LogP contribution is 2.32. The van der Waals surface area contributed by atoms with E-state index in [1.165, 1.54) is 25.7 Å². The van der Waals surface area contributed by atoms with E-state index < -0.39 is 0 Å². The number of hydrogen-bond donors (Lipinski definition) is 1. The van der Waals surface area contributed by atoms with Crippen LogP contribution in [0.5, 0.6) is 0 Å². The van der Waals surface area contributed by atoms with Crippen LogP contribution in [-0.2, 0) is 4.79 Å². The van der Waals surface area contributed by atoms with Crippen LogP contribution in [-0.4, -0.2) is 37.0 Å². The Bertz CT molecular complexity index is 278. The topological polar surface area (TPSA) is 32.3 Å². The molecule has 0 aromatic carbocycles. The molecule has 3 nitrogen and oxygen atoms in total. The van der Waals surface area contributed by atoms with Crippen LogP contribution >= 0.6 is 0 Å². The van der Waals surface area contributed by atoms with Crippen molar-refractivity contribution in [2.75, 3.05) is 20.1 Å². The van der Waals surface area contributed by atoms with Gasteiger partial charge in [0.2, 0.25) is 5.91 Å². The number of carbonyl (C=O) groups excluding carboxylic acids is 1. The Morgan fingerprint density at radius 3 is 2.37 bits per heavy atom. The Morgan fingerprint density at radius 1 is 1.21 bits per heavy atom. The molecule has 0 radical (unpaired) electrons. The lowest BCUT2D eigenvalue weighted by Gasteiger charge is -2.34. The maximum Gasteiger partial charge on any atom is 0.225 e. The first-order valence-corrected chi connectivity index (χ1v) is 8.20. The summed E-state index contributed by atoms with van der Waals surface area (Å²) >= 11 is 0. The number of carbonyl (C=O) groups is 1. The van der Waals surface area contributed by atoms with Gasteiger partial charge in [-0.1, -0.05) is 32.6 Å². The van der Waals surface area contributed by atoms with Gasteiger partial charge in [-0.2, -0.15) is 0 Å². The molecule has 1 N–H and O–H groups in total. The van der Waals surface area contributed by atoms with Crippen molar-refractivity contribution in [3.8, 4) is 0 Å². The zero-order chi connectivity index (χ0) is 13.7. The molecule has 19 heavy (non-hydrogen) atoms. The van der Waals surface area contributed by atoms with E-state index in [0.717, 1.165) is 44.7 Å². The minimum Gasteiger partial charge on any atom is -0.342 e. The Kier molecular flexibility index (Phi) is 5.68. The predicted octanol–water partition coefficient (Wildman–Crippen LogP) is 2.80. The van der Waals surface area contributed by atoms with E-state index in [1.807, 2.05) is 7.05 Å². The molecule has 0 bridgehead atoms. The maximum atomic E-state index is 12.6. The summed E-state index contributed by atoms with van der Waals surface area (Å²) in [6, 6.07) is 0.610. The SMILES string of the molecule is CCC(CC1CCCC1)C(=O)N1CCC(NC)CC1. The van der Waals surface area contributed by atoms with Crippen LogP contribution in [0.4, 0.5) is 0 Å². The first-order valence-electron chi connectivity index (χ1n) is 8.20. The zero-order valence-electron chi connectivity index (χ0n) is 12.7. The molecule has 2 aliphatic rings. The van der Waals surface area contributed by atoms with Crippen molar-refractivity contribution in [1.82, 2.24) is 10.2 Å². The summed E-state index contributed by atoms with van der Waals surface area (Å²) in [7, 11) is 2.02. The van der Waals surface area contributed by atoms with Gasteiger partial charge in [-0.25, -0.2) is 0 Å². The van der Waals surface area contributed by atoms with Gasteiger partial charge in [0.1, 0.15) is 0 Å². The molecule has 1 unspecified atom stereocenters. The second kappa shape index (κ2) is 7.28. The van der Waals surface area contributed by atoms with Crippen LogP contribution in [0.1, 0.15) is 58.3 Å². The average Bonchev–Trinajstić information content (AvgIpc) is 2.97. The fourth-order valence-electron chi connectivity index (χ4n) is 3.74. The van der Waals surface area contributed by atoms with E-state index in [1.54, 1.807) is 0 Å². The summed E-state index contributed by atoms with van der Waals surface area (Å²) in [5.41, 5.74) is 0. The van der Waals surface area contributed by atoms with E-state index in [2.05, 4.69) is 17.1 Å². The number of rotatable bonds is 5. The molecular weight excluding hydrogens is 236 g/mol. The maximum absolute atomic E-state index is 12.6. The molecule has 0 spiro atoms. The molecule has 1 saturated heterocycles. The number of nitrogens with one attached hydrogen (secondary N) is 1. The molecule has 1 aliphatic carbocycles. The summed E-state index contributed by atoms with van der Waals surface area (Å²) in [5.74, 6) is 1.54. The van der Waals surface area contributed by atoms with Gasteiger partial charge in [0.05, 0.1) is 0 Å². The highest BCUT2D eigenvalue weighted by Gasteiger charge is 2.29. The third kappa shape index (κ3) is 3.95. The molecule has 1 aliphatic heterocycles. The Labute approximate surface area is 118 Å². The van der Waals surface area contributed by atoms with Crippen molar-refractivity contribution < 1.29 is 4.79 Å². The van der Waals surface area contributed by atoms with Gasteiger partial charge in [0.25, 0.3) is 0 Å². The van der Waals surface area contributed by atoms with E-state index >= 15 is 0 Å². The number of nitrogens with zero attached hydrogens (tertiary/aromatic N) is 1. The van der Waals surface area contributed by atoms with Crippen molar-refractivity contribution in [2.24, 2.45) is 11.8 Å². The minimum atomic E-state index is 0.286. The first-order chi connectivity index (χ1) is 9.24. The molecule has 2 rings (SSSR count). The van der Waals surface area contributed by atoms with Gasteiger partial charge in [-0.15, -0.1) is 0 Å². The quantitative estimate of drug-likeness (QED) is 0.830. The Morgan fingerprint density at radius 2 is 1.84 bits per heavy atom. The zero-order valence-corrected chi connectivity index (χ0v) is 12.7. The summed E-state index contributed by atoms with van der Waals surface area (Å²) in [5, 5.41) is 3.33. The lowest BCUT2D eigenvalue weighted by atomic mass is 9.89. The van der Waals surface area contributed by atoms with E-state index in [0.29, 0.717) is 11.9 Å². The van der Waals surface area contributed by atoms with Crippen LogP contribution < -0.4 is 5.32 Å². The molecule has 3 heteroatoms. The minimum absolute atomic E-state index is 0.286. The predicted molar refractivity (Wildman–Crippen MR) is 79.0 cm³/mol. The van der Waals surface area contributed by atoms with Crippen LogP contribution in [0.25, 0.3) is 0 Å². The summed E-state index contributed by atoms with van der Waals surface area (Å²) in [6.45, 7) is 4.08. The largest absolute Gasteiger partial charge is 0.342 e. The fraction of sp³-hybridized carbons (Fsp3) is 0.938. The second-order valence-electron chi connectivity index (χ2n) is 6.38. The lowest BCUT2D eigenvalue weighted by molar-refractivity contribution is -0.137. The highest BCUT2D eigenvalue weighted by atomic mass is 16.2. The first kappa shape index (κ1) is 14.8. The van der Waals surface area contributed by atoms with Crippen molar-refractivity contribution in [3.63, 3.8) is 0 Å². The third-order valence-corrected chi connectivity index (χ3v) is 5.15. The summed E-state index contributed by atoms with van der Waals surface area (Å²) in [6.07, 6.45) is 9.84. The molecule has 0 aromatic heterocycles. The fourth-order valence-corrected chi connectivity index (χ4v) is 3.74. The summed E-state index contributed by atoms with van der Waals surface area (Å²) in [4.78, 5) is 14.7. The van der Waals surface area contributed by atoms with Crippen molar-refractivity contribution in [3.05, 3.63) is 0 Å². The van der Waals surface area contributed by atoms with E-state index in [9.17, 15) is 4.79 Å². The highest BCUT2D eigenvalue weighted by molar-refractivity contribution is 5.78. The third-order valence-electron chi connectivity index (χ3n) is 5.15. The average molecular weight is 266 g/mol. The molecule has 0 aromatic rings. The van der Waals surface area contributed by atoms with Crippen molar-refractivity contribution >= 4 is 5.91 Å². The van der Waals surface area contributed by atoms with Gasteiger partial charge in [-0.3, -0.25) is 4.79 Å². The molecule has 1 saturated carbocycles. The van der Waals surface area contributed by atoms with Crippen LogP contribution in [0, 0.1) is 11.8 Å². The van der Waals surface area contributed by atoms with Crippen molar-refractivity contribution in [2.45, 2.75) is 64.3 Å². The number of piperidine rings is 1. The van der Waals surface area contributed by atoms with Gasteiger partial charge >= 0.3 is 0 Å². The van der Waals surface area contributed by atoms with Gasteiger partial charge < -0.3 is 10.2 Å². The molecule has 1 heterocycles. The van der Waals surface area contributed by atoms with Gasteiger partial charge in [0.15, 0.2) is 0 Å². The molecule has 1 amide bonds. The molecule has 1 atom stereocenters. The molecular formula is C16H30N2O. The normalized spacial score (nSPS) is 23.8. The van der Waals surface area contributed by atoms with Crippen LogP contribution in [0.3, 0.4) is 0 Å². The van der Waals surface area contributed by atoms with Crippen molar-refractivity contribution in [1.29, 1.82) is 0 Å². The van der Waals surface area contributed by atoms with Crippen LogP contribution in [0.15, 0.2) is 0 Å². The Balaban J connectivity index is 1.82. The van der Waals surface area contributed by atoms with E-state index in [4.69, 9.17) is 0 Å². The summed E-state index contributed by atoms with van der Waals surface area (Å²) < 4.78 is 0. The van der Waals surface area contributed by atoms with Gasteiger partial charge in [0, 0.05) is 25.0 Å². The number of hydrogen-bond acceptors (Lipinski definition) is 2. The molecule has 2 fully saturated rings. The Hall–Kier alpha value is -0.570. The van der Waals surface area contributed by atoms with Gasteiger partial charge in [-0.05, 0) is 38.6 Å². The second-order valence-corrected chi connectivity index (χ2v) is 6.38. The number of amides is 1.